The number of nitrogens with zero attached hydrogens (tertiary/aromatic N) is 1. The lowest BCUT2D eigenvalue weighted by molar-refractivity contribution is -0.115. The van der Waals surface area contributed by atoms with Crippen LogP contribution in [0.4, 0.5) is 5.69 Å². The third kappa shape index (κ3) is 2.87. The second-order valence-corrected chi connectivity index (χ2v) is 5.41. The van der Waals surface area contributed by atoms with Crippen molar-refractivity contribution in [2.45, 2.75) is 39.4 Å². The number of carbonyl (C=O) groups excluding carboxylic acids is 1. The molecule has 2 rings (SSSR count). The maximum absolute atomic E-state index is 11.7. The van der Waals surface area contributed by atoms with Crippen LogP contribution in [-0.4, -0.2) is 22.6 Å². The molecule has 0 spiro atoms. The average molecular weight is 264 g/mol. The predicted molar refractivity (Wildman–Crippen MR) is 77.9 cm³/mol. The zero-order valence-electron chi connectivity index (χ0n) is 10.9. The van der Waals surface area contributed by atoms with Crippen molar-refractivity contribution >= 4 is 24.2 Å². The van der Waals surface area contributed by atoms with Crippen LogP contribution in [0.3, 0.4) is 0 Å². The number of amides is 1. The van der Waals surface area contributed by atoms with Gasteiger partial charge in [0.25, 0.3) is 0 Å². The molecule has 3 nitrogen and oxygen atoms in total. The van der Waals surface area contributed by atoms with Crippen molar-refractivity contribution in [3.8, 4) is 0 Å². The molecule has 0 aliphatic carbocycles. The van der Waals surface area contributed by atoms with Crippen molar-refractivity contribution in [2.24, 2.45) is 0 Å². The molecule has 1 amide bonds. The van der Waals surface area contributed by atoms with Gasteiger partial charge in [-0.3, -0.25) is 9.69 Å². The van der Waals surface area contributed by atoms with E-state index in [0.717, 1.165) is 18.8 Å². The topological polar surface area (TPSA) is 32.3 Å². The van der Waals surface area contributed by atoms with Crippen molar-refractivity contribution in [1.82, 2.24) is 4.90 Å². The molecular weight excluding hydrogens is 244 g/mol. The Morgan fingerprint density at radius 3 is 2.89 bits per heavy atom. The van der Waals surface area contributed by atoms with E-state index >= 15 is 0 Å². The first-order valence-corrected chi connectivity index (χ1v) is 7.00. The van der Waals surface area contributed by atoms with E-state index in [1.165, 1.54) is 11.1 Å². The van der Waals surface area contributed by atoms with Crippen LogP contribution in [0.1, 0.15) is 31.4 Å². The molecular formula is C14H20N2OS. The highest BCUT2D eigenvalue weighted by Crippen LogP contribution is 2.30. The molecule has 0 saturated carbocycles. The van der Waals surface area contributed by atoms with Gasteiger partial charge in [-0.15, -0.1) is 0 Å². The van der Waals surface area contributed by atoms with E-state index in [4.69, 9.17) is 0 Å². The van der Waals surface area contributed by atoms with Crippen LogP contribution in [-0.2, 0) is 17.9 Å². The summed E-state index contributed by atoms with van der Waals surface area (Å²) in [5.74, 6) is 0.625. The van der Waals surface area contributed by atoms with Gasteiger partial charge in [0, 0.05) is 31.2 Å². The van der Waals surface area contributed by atoms with E-state index in [1.54, 1.807) is 0 Å². The first-order chi connectivity index (χ1) is 8.61. The van der Waals surface area contributed by atoms with Gasteiger partial charge in [-0.05, 0) is 36.8 Å². The molecule has 0 atom stereocenters. The summed E-state index contributed by atoms with van der Waals surface area (Å²) in [6.07, 6.45) is 0.459. The van der Waals surface area contributed by atoms with E-state index in [9.17, 15) is 4.79 Å². The smallest absolute Gasteiger partial charge is 0.225 e. The summed E-state index contributed by atoms with van der Waals surface area (Å²) in [4.78, 5) is 14.1. The van der Waals surface area contributed by atoms with Gasteiger partial charge in [0.1, 0.15) is 0 Å². The van der Waals surface area contributed by atoms with E-state index in [0.29, 0.717) is 18.2 Å². The SMILES string of the molecule is CC(C)N1Cc2cccc(NC(=O)CCS)c2C1. The van der Waals surface area contributed by atoms with Crippen LogP contribution in [0.15, 0.2) is 18.2 Å². The summed E-state index contributed by atoms with van der Waals surface area (Å²) in [7, 11) is 0. The number of thiol groups is 1. The molecule has 1 N–H and O–H groups in total. The molecule has 4 heteroatoms. The lowest BCUT2D eigenvalue weighted by Gasteiger charge is -2.19. The van der Waals surface area contributed by atoms with Gasteiger partial charge in [-0.1, -0.05) is 12.1 Å². The van der Waals surface area contributed by atoms with Gasteiger partial charge in [0.15, 0.2) is 0 Å². The number of carbonyl (C=O) groups is 1. The van der Waals surface area contributed by atoms with Crippen molar-refractivity contribution in [3.05, 3.63) is 29.3 Å². The third-order valence-corrected chi connectivity index (χ3v) is 3.57. The molecule has 1 aromatic rings. The van der Waals surface area contributed by atoms with Crippen molar-refractivity contribution < 1.29 is 4.79 Å². The molecule has 98 valence electrons. The predicted octanol–water partition coefficient (Wildman–Crippen LogP) is 2.67. The van der Waals surface area contributed by atoms with Crippen LogP contribution >= 0.6 is 12.6 Å². The molecule has 1 aliphatic rings. The monoisotopic (exact) mass is 264 g/mol. The van der Waals surface area contributed by atoms with Crippen LogP contribution in [0.25, 0.3) is 0 Å². The second-order valence-electron chi connectivity index (χ2n) is 4.96. The Morgan fingerprint density at radius 1 is 1.44 bits per heavy atom. The summed E-state index contributed by atoms with van der Waals surface area (Å²) in [6, 6.07) is 6.67. The van der Waals surface area contributed by atoms with Crippen LogP contribution in [0.2, 0.25) is 0 Å². The normalized spacial score (nSPS) is 14.9. The average Bonchev–Trinajstić information content (AvgIpc) is 2.74. The van der Waals surface area contributed by atoms with Gasteiger partial charge >= 0.3 is 0 Å². The zero-order chi connectivity index (χ0) is 13.1. The van der Waals surface area contributed by atoms with Gasteiger partial charge < -0.3 is 5.32 Å². The minimum Gasteiger partial charge on any atom is -0.326 e. The second kappa shape index (κ2) is 5.76. The molecule has 1 aliphatic heterocycles. The van der Waals surface area contributed by atoms with Crippen LogP contribution in [0.5, 0.6) is 0 Å². The fraction of sp³-hybridized carbons (Fsp3) is 0.500. The number of nitrogens with one attached hydrogen (secondary N) is 1. The number of rotatable bonds is 4. The third-order valence-electron chi connectivity index (χ3n) is 3.35. The van der Waals surface area contributed by atoms with Gasteiger partial charge in [0.05, 0.1) is 0 Å². The number of hydrogen-bond donors (Lipinski definition) is 2. The first-order valence-electron chi connectivity index (χ1n) is 6.37. The maximum atomic E-state index is 11.7. The summed E-state index contributed by atoms with van der Waals surface area (Å²) in [5.41, 5.74) is 3.55. The van der Waals surface area contributed by atoms with Crippen LogP contribution < -0.4 is 5.32 Å². The van der Waals surface area contributed by atoms with E-state index < -0.39 is 0 Å². The van der Waals surface area contributed by atoms with Gasteiger partial charge in [-0.25, -0.2) is 0 Å². The Balaban J connectivity index is 2.16. The molecule has 0 aromatic heterocycles. The fourth-order valence-electron chi connectivity index (χ4n) is 2.24. The van der Waals surface area contributed by atoms with Crippen LogP contribution in [0, 0.1) is 0 Å². The van der Waals surface area contributed by atoms with Gasteiger partial charge in [-0.2, -0.15) is 12.6 Å². The lowest BCUT2D eigenvalue weighted by atomic mass is 10.1. The number of benzene rings is 1. The highest BCUT2D eigenvalue weighted by molar-refractivity contribution is 7.80. The highest BCUT2D eigenvalue weighted by Gasteiger charge is 2.23. The Morgan fingerprint density at radius 2 is 2.22 bits per heavy atom. The number of fused-ring (bicyclic) bond motifs is 1. The van der Waals surface area contributed by atoms with Crippen molar-refractivity contribution in [3.63, 3.8) is 0 Å². The molecule has 1 aromatic carbocycles. The molecule has 18 heavy (non-hydrogen) atoms. The summed E-state index contributed by atoms with van der Waals surface area (Å²) < 4.78 is 0. The molecule has 1 heterocycles. The minimum absolute atomic E-state index is 0.0430. The molecule has 0 fully saturated rings. The van der Waals surface area contributed by atoms with E-state index in [-0.39, 0.29) is 5.91 Å². The fourth-order valence-corrected chi connectivity index (χ4v) is 2.45. The quantitative estimate of drug-likeness (QED) is 0.820. The molecule has 0 radical (unpaired) electrons. The Labute approximate surface area is 114 Å². The van der Waals surface area contributed by atoms with E-state index in [1.807, 2.05) is 12.1 Å². The Kier molecular flexibility index (Phi) is 4.30. The first kappa shape index (κ1) is 13.4. The summed E-state index contributed by atoms with van der Waals surface area (Å²) >= 11 is 4.08. The highest BCUT2D eigenvalue weighted by atomic mass is 32.1. The molecule has 0 bridgehead atoms. The molecule has 0 saturated heterocycles. The standard InChI is InChI=1S/C14H20N2OS/c1-10(2)16-8-11-4-3-5-13(12(11)9-16)15-14(17)6-7-18/h3-5,10,18H,6-9H2,1-2H3,(H,15,17). The Hall–Kier alpha value is -1.00. The van der Waals surface area contributed by atoms with Crippen molar-refractivity contribution in [1.29, 1.82) is 0 Å². The van der Waals surface area contributed by atoms with Gasteiger partial charge in [0.2, 0.25) is 5.91 Å². The van der Waals surface area contributed by atoms with Crippen molar-refractivity contribution in [2.75, 3.05) is 11.1 Å². The summed E-state index contributed by atoms with van der Waals surface area (Å²) in [5, 5.41) is 2.99. The molecule has 0 unspecified atom stereocenters. The maximum Gasteiger partial charge on any atom is 0.225 e. The number of hydrogen-bond acceptors (Lipinski definition) is 3. The largest absolute Gasteiger partial charge is 0.326 e. The number of anilines is 1. The lowest BCUT2D eigenvalue weighted by Crippen LogP contribution is -2.24. The summed E-state index contributed by atoms with van der Waals surface area (Å²) in [6.45, 7) is 6.30. The minimum atomic E-state index is 0.0430. The van der Waals surface area contributed by atoms with E-state index in [2.05, 4.69) is 42.8 Å². The zero-order valence-corrected chi connectivity index (χ0v) is 11.8. The Bertz CT molecular complexity index is 445.